The van der Waals surface area contributed by atoms with Crippen molar-refractivity contribution in [2.75, 3.05) is 20.3 Å². The van der Waals surface area contributed by atoms with E-state index in [4.69, 9.17) is 14.0 Å². The van der Waals surface area contributed by atoms with E-state index in [9.17, 15) is 4.79 Å². The van der Waals surface area contributed by atoms with Gasteiger partial charge in [-0.25, -0.2) is 0 Å². The van der Waals surface area contributed by atoms with Crippen molar-refractivity contribution in [3.63, 3.8) is 0 Å². The van der Waals surface area contributed by atoms with Crippen LogP contribution in [-0.2, 0) is 17.8 Å². The molecule has 7 nitrogen and oxygen atoms in total. The van der Waals surface area contributed by atoms with Crippen LogP contribution in [0.3, 0.4) is 0 Å². The molecule has 2 aromatic carbocycles. The van der Waals surface area contributed by atoms with Gasteiger partial charge in [0.15, 0.2) is 11.5 Å². The summed E-state index contributed by atoms with van der Waals surface area (Å²) in [7, 11) is 1.74. The molecule has 1 aliphatic heterocycles. The summed E-state index contributed by atoms with van der Waals surface area (Å²) in [5.41, 5.74) is 3.06. The summed E-state index contributed by atoms with van der Waals surface area (Å²) in [6.07, 6.45) is 1.01. The van der Waals surface area contributed by atoms with Crippen LogP contribution in [0.2, 0.25) is 0 Å². The monoisotopic (exact) mass is 393 g/mol. The van der Waals surface area contributed by atoms with Crippen LogP contribution in [-0.4, -0.2) is 41.2 Å². The van der Waals surface area contributed by atoms with Crippen molar-refractivity contribution in [1.82, 2.24) is 15.0 Å². The van der Waals surface area contributed by atoms with Crippen LogP contribution in [0, 0.1) is 6.92 Å². The second-order valence-electron chi connectivity index (χ2n) is 7.11. The lowest BCUT2D eigenvalue weighted by Gasteiger charge is -2.19. The largest absolute Gasteiger partial charge is 0.486 e. The van der Waals surface area contributed by atoms with Gasteiger partial charge in [-0.2, -0.15) is 4.98 Å². The number of carbonyl (C=O) groups excluding carboxylic acids is 1. The number of hydrogen-bond acceptors (Lipinski definition) is 6. The topological polar surface area (TPSA) is 77.7 Å². The van der Waals surface area contributed by atoms with Gasteiger partial charge in [-0.1, -0.05) is 35.0 Å². The number of carbonyl (C=O) groups is 1. The number of amides is 1. The summed E-state index contributed by atoms with van der Waals surface area (Å²) in [6, 6.07) is 13.7. The van der Waals surface area contributed by atoms with E-state index in [-0.39, 0.29) is 12.5 Å². The molecule has 29 heavy (non-hydrogen) atoms. The summed E-state index contributed by atoms with van der Waals surface area (Å²) in [5, 5.41) is 4.02. The molecule has 0 fully saturated rings. The van der Waals surface area contributed by atoms with Crippen LogP contribution in [0.1, 0.15) is 23.4 Å². The van der Waals surface area contributed by atoms with Gasteiger partial charge in [0.1, 0.15) is 13.2 Å². The Hall–Kier alpha value is -3.35. The van der Waals surface area contributed by atoms with Gasteiger partial charge in [-0.3, -0.25) is 4.79 Å². The Bertz CT molecular complexity index is 1010. The maximum absolute atomic E-state index is 12.5. The molecule has 150 valence electrons. The molecule has 0 unspecified atom stereocenters. The number of ether oxygens (including phenoxy) is 2. The number of aromatic nitrogens is 2. The third kappa shape index (κ3) is 4.56. The number of nitrogens with zero attached hydrogens (tertiary/aromatic N) is 3. The van der Waals surface area contributed by atoms with Gasteiger partial charge in [0, 0.05) is 19.0 Å². The minimum absolute atomic E-state index is 0.00944. The second-order valence-corrected chi connectivity index (χ2v) is 7.11. The number of rotatable bonds is 6. The van der Waals surface area contributed by atoms with E-state index in [0.29, 0.717) is 37.8 Å². The van der Waals surface area contributed by atoms with E-state index in [2.05, 4.69) is 10.1 Å². The number of benzene rings is 2. The first-order chi connectivity index (χ1) is 14.1. The van der Waals surface area contributed by atoms with E-state index in [1.165, 1.54) is 0 Å². The molecule has 2 heterocycles. The highest BCUT2D eigenvalue weighted by Crippen LogP contribution is 2.31. The molecular formula is C22H23N3O4. The summed E-state index contributed by atoms with van der Waals surface area (Å²) < 4.78 is 16.4. The molecule has 0 saturated heterocycles. The predicted molar refractivity (Wildman–Crippen MR) is 107 cm³/mol. The van der Waals surface area contributed by atoms with Crippen LogP contribution in [0.4, 0.5) is 0 Å². The van der Waals surface area contributed by atoms with E-state index in [1.807, 2.05) is 49.4 Å². The predicted octanol–water partition coefficient (Wildman–Crippen LogP) is 3.41. The van der Waals surface area contributed by atoms with Crippen LogP contribution in [0.25, 0.3) is 11.4 Å². The highest BCUT2D eigenvalue weighted by Gasteiger charge is 2.16. The fraction of sp³-hybridized carbons (Fsp3) is 0.318. The Morgan fingerprint density at radius 2 is 1.93 bits per heavy atom. The zero-order chi connectivity index (χ0) is 20.2. The average molecular weight is 393 g/mol. The van der Waals surface area contributed by atoms with Crippen molar-refractivity contribution >= 4 is 5.91 Å². The molecule has 1 aromatic heterocycles. The van der Waals surface area contributed by atoms with Gasteiger partial charge in [0.2, 0.25) is 17.6 Å². The van der Waals surface area contributed by atoms with E-state index in [1.54, 1.807) is 11.9 Å². The molecule has 4 rings (SSSR count). The maximum Gasteiger partial charge on any atom is 0.246 e. The molecule has 0 aliphatic carbocycles. The van der Waals surface area contributed by atoms with Gasteiger partial charge < -0.3 is 18.9 Å². The van der Waals surface area contributed by atoms with Gasteiger partial charge in [-0.15, -0.1) is 0 Å². The fourth-order valence-corrected chi connectivity index (χ4v) is 3.20. The molecule has 0 saturated carbocycles. The number of hydrogen-bond donors (Lipinski definition) is 0. The zero-order valence-corrected chi connectivity index (χ0v) is 16.6. The SMILES string of the molecule is Cc1cccc(-c2noc(CN(C)C(=O)CCc3ccc4c(c3)OCCO4)n2)c1. The fourth-order valence-electron chi connectivity index (χ4n) is 3.20. The Morgan fingerprint density at radius 3 is 2.76 bits per heavy atom. The first kappa shape index (κ1) is 19.0. The highest BCUT2D eigenvalue weighted by atomic mass is 16.6. The van der Waals surface area contributed by atoms with Crippen molar-refractivity contribution in [3.8, 4) is 22.9 Å². The van der Waals surface area contributed by atoms with Crippen LogP contribution in [0.5, 0.6) is 11.5 Å². The van der Waals surface area contributed by atoms with Gasteiger partial charge in [-0.05, 0) is 37.1 Å². The van der Waals surface area contributed by atoms with Gasteiger partial charge in [0.25, 0.3) is 0 Å². The highest BCUT2D eigenvalue weighted by molar-refractivity contribution is 5.76. The third-order valence-corrected chi connectivity index (χ3v) is 4.78. The summed E-state index contributed by atoms with van der Waals surface area (Å²) in [4.78, 5) is 18.5. The molecule has 7 heteroatoms. The Morgan fingerprint density at radius 1 is 1.10 bits per heavy atom. The third-order valence-electron chi connectivity index (χ3n) is 4.78. The minimum Gasteiger partial charge on any atom is -0.486 e. The molecule has 3 aromatic rings. The van der Waals surface area contributed by atoms with Crippen LogP contribution in [0.15, 0.2) is 47.0 Å². The quantitative estimate of drug-likeness (QED) is 0.639. The molecule has 1 aliphatic rings. The lowest BCUT2D eigenvalue weighted by molar-refractivity contribution is -0.130. The standard InChI is InChI=1S/C22H23N3O4/c1-15-4-3-5-17(12-15)22-23-20(29-24-22)14-25(2)21(26)9-7-16-6-8-18-19(13-16)28-11-10-27-18/h3-6,8,12-13H,7,9-11,14H2,1-2H3. The van der Waals surface area contributed by atoms with E-state index >= 15 is 0 Å². The minimum atomic E-state index is 0.00944. The Balaban J connectivity index is 1.33. The molecule has 1 amide bonds. The lowest BCUT2D eigenvalue weighted by Crippen LogP contribution is -2.26. The molecule has 0 atom stereocenters. The molecular weight excluding hydrogens is 370 g/mol. The summed E-state index contributed by atoms with van der Waals surface area (Å²) in [5.74, 6) is 2.45. The summed E-state index contributed by atoms with van der Waals surface area (Å²) >= 11 is 0. The molecule has 0 spiro atoms. The lowest BCUT2D eigenvalue weighted by atomic mass is 10.1. The normalized spacial score (nSPS) is 12.6. The van der Waals surface area contributed by atoms with E-state index < -0.39 is 0 Å². The van der Waals surface area contributed by atoms with Crippen molar-refractivity contribution in [2.24, 2.45) is 0 Å². The molecule has 0 bridgehead atoms. The van der Waals surface area contributed by atoms with E-state index in [0.717, 1.165) is 28.2 Å². The molecule has 0 N–H and O–H groups in total. The average Bonchev–Trinajstić information content (AvgIpc) is 3.20. The van der Waals surface area contributed by atoms with Crippen molar-refractivity contribution in [1.29, 1.82) is 0 Å². The van der Waals surface area contributed by atoms with Crippen LogP contribution >= 0.6 is 0 Å². The molecule has 0 radical (unpaired) electrons. The maximum atomic E-state index is 12.5. The van der Waals surface area contributed by atoms with Crippen molar-refractivity contribution in [2.45, 2.75) is 26.3 Å². The Kier molecular flexibility index (Phi) is 5.46. The first-order valence-corrected chi connectivity index (χ1v) is 9.60. The summed E-state index contributed by atoms with van der Waals surface area (Å²) in [6.45, 7) is 3.40. The number of fused-ring (bicyclic) bond motifs is 1. The van der Waals surface area contributed by atoms with Gasteiger partial charge >= 0.3 is 0 Å². The van der Waals surface area contributed by atoms with Crippen molar-refractivity contribution in [3.05, 3.63) is 59.5 Å². The number of aryl methyl sites for hydroxylation is 2. The van der Waals surface area contributed by atoms with Gasteiger partial charge in [0.05, 0.1) is 6.54 Å². The Labute approximate surface area is 169 Å². The van der Waals surface area contributed by atoms with Crippen LogP contribution < -0.4 is 9.47 Å². The smallest absolute Gasteiger partial charge is 0.246 e. The second kappa shape index (κ2) is 8.34. The van der Waals surface area contributed by atoms with Crippen molar-refractivity contribution < 1.29 is 18.8 Å². The first-order valence-electron chi connectivity index (χ1n) is 9.60. The zero-order valence-electron chi connectivity index (χ0n) is 16.6.